The highest BCUT2D eigenvalue weighted by Crippen LogP contribution is 2.25. The van der Waals surface area contributed by atoms with Crippen LogP contribution in [0.15, 0.2) is 16.7 Å². The molecule has 1 aromatic heterocycles. The second-order valence-corrected chi connectivity index (χ2v) is 4.66. The number of furan rings is 1. The van der Waals surface area contributed by atoms with Crippen LogP contribution in [0.4, 0.5) is 0 Å². The van der Waals surface area contributed by atoms with Gasteiger partial charge >= 0.3 is 0 Å². The average Bonchev–Trinajstić information content (AvgIpc) is 2.95. The van der Waals surface area contributed by atoms with Crippen LogP contribution in [0.5, 0.6) is 0 Å². The molecular weight excluding hydrogens is 216 g/mol. The van der Waals surface area contributed by atoms with Gasteiger partial charge < -0.3 is 15.1 Å². The molecule has 1 aromatic rings. The highest BCUT2D eigenvalue weighted by Gasteiger charge is 2.28. The Morgan fingerprint density at radius 2 is 2.24 bits per heavy atom. The van der Waals surface area contributed by atoms with E-state index in [1.165, 1.54) is 12.8 Å². The second kappa shape index (κ2) is 5.36. The van der Waals surface area contributed by atoms with Gasteiger partial charge in [-0.2, -0.15) is 0 Å². The zero-order chi connectivity index (χ0) is 12.3. The van der Waals surface area contributed by atoms with Gasteiger partial charge in [0.2, 0.25) is 0 Å². The molecule has 1 aliphatic carbocycles. The molecule has 0 radical (unpaired) electrons. The monoisotopic (exact) mass is 236 g/mol. The highest BCUT2D eigenvalue weighted by molar-refractivity contribution is 5.93. The van der Waals surface area contributed by atoms with E-state index in [-0.39, 0.29) is 5.91 Å². The summed E-state index contributed by atoms with van der Waals surface area (Å²) < 4.78 is 5.28. The summed E-state index contributed by atoms with van der Waals surface area (Å²) in [5, 5.41) is 0. The molecule has 2 N–H and O–H groups in total. The van der Waals surface area contributed by atoms with Crippen LogP contribution in [-0.4, -0.2) is 29.9 Å². The van der Waals surface area contributed by atoms with Crippen molar-refractivity contribution in [2.45, 2.75) is 38.6 Å². The van der Waals surface area contributed by atoms with E-state index in [0.717, 1.165) is 18.4 Å². The van der Waals surface area contributed by atoms with E-state index in [1.807, 2.05) is 17.9 Å². The molecule has 0 aliphatic heterocycles. The van der Waals surface area contributed by atoms with Gasteiger partial charge in [0, 0.05) is 24.7 Å². The molecule has 1 heterocycles. The lowest BCUT2D eigenvalue weighted by Gasteiger charge is -2.27. The molecule has 0 bridgehead atoms. The summed E-state index contributed by atoms with van der Waals surface area (Å²) in [7, 11) is 0. The summed E-state index contributed by atoms with van der Waals surface area (Å²) >= 11 is 0. The fourth-order valence-corrected chi connectivity index (χ4v) is 2.53. The average molecular weight is 236 g/mol. The summed E-state index contributed by atoms with van der Waals surface area (Å²) in [4.78, 5) is 14.3. The minimum atomic E-state index is -0.00940. The molecule has 4 heteroatoms. The van der Waals surface area contributed by atoms with Gasteiger partial charge in [-0.05, 0) is 25.8 Å². The van der Waals surface area contributed by atoms with E-state index in [2.05, 4.69) is 0 Å². The van der Waals surface area contributed by atoms with Crippen LogP contribution >= 0.6 is 0 Å². The van der Waals surface area contributed by atoms with Crippen molar-refractivity contribution in [1.29, 1.82) is 0 Å². The Kier molecular flexibility index (Phi) is 3.84. The Labute approximate surface area is 102 Å². The van der Waals surface area contributed by atoms with Crippen LogP contribution in [0.3, 0.4) is 0 Å². The van der Waals surface area contributed by atoms with Gasteiger partial charge in [-0.3, -0.25) is 4.79 Å². The Bertz CT molecular complexity index is 381. The number of amides is 1. The molecule has 1 fully saturated rings. The van der Waals surface area contributed by atoms with Crippen molar-refractivity contribution < 1.29 is 9.21 Å². The van der Waals surface area contributed by atoms with Crippen molar-refractivity contribution in [1.82, 2.24) is 4.90 Å². The molecule has 4 nitrogen and oxygen atoms in total. The number of aryl methyl sites for hydroxylation is 1. The minimum absolute atomic E-state index is 0.00940. The Balaban J connectivity index is 2.15. The van der Waals surface area contributed by atoms with E-state index in [0.29, 0.717) is 24.9 Å². The van der Waals surface area contributed by atoms with Gasteiger partial charge in [-0.15, -0.1) is 0 Å². The molecule has 1 amide bonds. The topological polar surface area (TPSA) is 59.5 Å². The standard InChI is InChI=1S/C13H20N2O2/c1-10-6-9-17-12(10)13(16)15(8-7-14)11-4-2-3-5-11/h6,9,11H,2-5,7-8,14H2,1H3. The van der Waals surface area contributed by atoms with Crippen LogP contribution < -0.4 is 5.73 Å². The second-order valence-electron chi connectivity index (χ2n) is 4.66. The van der Waals surface area contributed by atoms with Gasteiger partial charge in [0.25, 0.3) is 5.91 Å². The number of nitrogens with two attached hydrogens (primary N) is 1. The fourth-order valence-electron chi connectivity index (χ4n) is 2.53. The van der Waals surface area contributed by atoms with Crippen molar-refractivity contribution in [3.05, 3.63) is 23.7 Å². The molecule has 1 aliphatic rings. The maximum Gasteiger partial charge on any atom is 0.290 e. The van der Waals surface area contributed by atoms with E-state index in [9.17, 15) is 4.79 Å². The summed E-state index contributed by atoms with van der Waals surface area (Å²) in [5.74, 6) is 0.454. The molecule has 0 saturated heterocycles. The lowest BCUT2D eigenvalue weighted by Crippen LogP contribution is -2.42. The van der Waals surface area contributed by atoms with Gasteiger partial charge in [0.15, 0.2) is 5.76 Å². The van der Waals surface area contributed by atoms with Crippen molar-refractivity contribution in [3.63, 3.8) is 0 Å². The highest BCUT2D eigenvalue weighted by atomic mass is 16.3. The first-order chi connectivity index (χ1) is 8.24. The van der Waals surface area contributed by atoms with Gasteiger partial charge in [0.1, 0.15) is 0 Å². The molecule has 0 aromatic carbocycles. The summed E-state index contributed by atoms with van der Waals surface area (Å²) in [6.07, 6.45) is 6.15. The smallest absolute Gasteiger partial charge is 0.290 e. The predicted molar refractivity (Wildman–Crippen MR) is 65.8 cm³/mol. The van der Waals surface area contributed by atoms with Gasteiger partial charge in [-0.25, -0.2) is 0 Å². The largest absolute Gasteiger partial charge is 0.459 e. The van der Waals surface area contributed by atoms with Crippen molar-refractivity contribution in [2.24, 2.45) is 5.73 Å². The molecule has 2 rings (SSSR count). The lowest BCUT2D eigenvalue weighted by atomic mass is 10.1. The summed E-state index contributed by atoms with van der Waals surface area (Å²) in [6.45, 7) is 3.01. The molecule has 94 valence electrons. The van der Waals surface area contributed by atoms with Gasteiger partial charge in [0.05, 0.1) is 6.26 Å². The fraction of sp³-hybridized carbons (Fsp3) is 0.615. The maximum absolute atomic E-state index is 12.4. The van der Waals surface area contributed by atoms with Crippen molar-refractivity contribution in [3.8, 4) is 0 Å². The number of hydrogen-bond donors (Lipinski definition) is 1. The predicted octanol–water partition coefficient (Wildman–Crippen LogP) is 1.93. The molecule has 17 heavy (non-hydrogen) atoms. The Morgan fingerprint density at radius 1 is 1.53 bits per heavy atom. The Morgan fingerprint density at radius 3 is 2.76 bits per heavy atom. The third-order valence-electron chi connectivity index (χ3n) is 3.45. The molecule has 1 saturated carbocycles. The zero-order valence-electron chi connectivity index (χ0n) is 10.3. The number of hydrogen-bond acceptors (Lipinski definition) is 3. The third kappa shape index (κ3) is 2.52. The number of carbonyl (C=O) groups excluding carboxylic acids is 1. The SMILES string of the molecule is Cc1ccoc1C(=O)N(CCN)C1CCCC1. The molecule has 0 unspecified atom stereocenters. The third-order valence-corrected chi connectivity index (χ3v) is 3.45. The maximum atomic E-state index is 12.4. The van der Waals surface area contributed by atoms with E-state index in [4.69, 9.17) is 10.2 Å². The molecule has 0 spiro atoms. The van der Waals surface area contributed by atoms with Crippen LogP contribution in [-0.2, 0) is 0 Å². The quantitative estimate of drug-likeness (QED) is 0.869. The molecule has 0 atom stereocenters. The number of nitrogens with zero attached hydrogens (tertiary/aromatic N) is 1. The number of carbonyl (C=O) groups is 1. The summed E-state index contributed by atoms with van der Waals surface area (Å²) in [6, 6.07) is 2.17. The summed E-state index contributed by atoms with van der Waals surface area (Å²) in [5.41, 5.74) is 6.50. The van der Waals surface area contributed by atoms with Crippen LogP contribution in [0.25, 0.3) is 0 Å². The first-order valence-electron chi connectivity index (χ1n) is 6.29. The first kappa shape index (κ1) is 12.2. The first-order valence-corrected chi connectivity index (χ1v) is 6.29. The van der Waals surface area contributed by atoms with Crippen molar-refractivity contribution >= 4 is 5.91 Å². The minimum Gasteiger partial charge on any atom is -0.459 e. The van der Waals surface area contributed by atoms with E-state index in [1.54, 1.807) is 6.26 Å². The van der Waals surface area contributed by atoms with Crippen LogP contribution in [0.2, 0.25) is 0 Å². The Hall–Kier alpha value is -1.29. The van der Waals surface area contributed by atoms with Crippen molar-refractivity contribution in [2.75, 3.05) is 13.1 Å². The van der Waals surface area contributed by atoms with Gasteiger partial charge in [-0.1, -0.05) is 12.8 Å². The van der Waals surface area contributed by atoms with Crippen LogP contribution in [0.1, 0.15) is 41.8 Å². The van der Waals surface area contributed by atoms with Crippen LogP contribution in [0, 0.1) is 6.92 Å². The van der Waals surface area contributed by atoms with E-state index >= 15 is 0 Å². The lowest BCUT2D eigenvalue weighted by molar-refractivity contribution is 0.0654. The zero-order valence-corrected chi connectivity index (χ0v) is 10.3. The number of rotatable bonds is 4. The normalized spacial score (nSPS) is 16.4. The van der Waals surface area contributed by atoms with E-state index < -0.39 is 0 Å². The molecular formula is C13H20N2O2.